The van der Waals surface area contributed by atoms with E-state index in [-0.39, 0.29) is 11.1 Å². The van der Waals surface area contributed by atoms with Crippen molar-refractivity contribution < 1.29 is 19.0 Å². The Balaban J connectivity index is 1.59. The highest BCUT2D eigenvalue weighted by atomic mass is 32.1. The number of carbonyl (C=O) groups is 1. The highest BCUT2D eigenvalue weighted by Crippen LogP contribution is 2.35. The molecule has 0 amide bonds. The Labute approximate surface area is 240 Å². The summed E-state index contributed by atoms with van der Waals surface area (Å²) >= 11 is 1.30. The lowest BCUT2D eigenvalue weighted by Crippen LogP contribution is -2.39. The molecule has 1 atom stereocenters. The van der Waals surface area contributed by atoms with Crippen LogP contribution in [0.25, 0.3) is 27.6 Å². The van der Waals surface area contributed by atoms with Crippen LogP contribution in [0.4, 0.5) is 0 Å². The van der Waals surface area contributed by atoms with Gasteiger partial charge in [-0.1, -0.05) is 65.9 Å². The molecule has 1 aliphatic rings. The fourth-order valence-electron chi connectivity index (χ4n) is 5.32. The summed E-state index contributed by atoms with van der Waals surface area (Å²) in [5.74, 6) is 0.578. The fraction of sp³-hybridized carbons (Fsp3) is 0.182. The Morgan fingerprint density at radius 2 is 1.59 bits per heavy atom. The van der Waals surface area contributed by atoms with Crippen LogP contribution in [0.1, 0.15) is 31.0 Å². The highest BCUT2D eigenvalue weighted by Gasteiger charge is 2.31. The molecule has 7 nitrogen and oxygen atoms in total. The standard InChI is InChI=1S/C33H28N2O5S/c1-4-39-27-15-14-22(17-28(27)40-5-2)30-26(32(37)38-3)19-34-33-35(30)31(36)29(41-33)18-25-23-12-8-6-10-20(23)16-21-11-7-9-13-24(21)25/h6-19,30H,4-5H2,1-3H3/b29-18-/t30-/m1/s1. The number of hydrogen-bond donors (Lipinski definition) is 0. The van der Waals surface area contributed by atoms with Gasteiger partial charge in [0, 0.05) is 6.20 Å². The molecule has 1 aromatic heterocycles. The monoisotopic (exact) mass is 564 g/mol. The summed E-state index contributed by atoms with van der Waals surface area (Å²) < 4.78 is 18.8. The van der Waals surface area contributed by atoms with Gasteiger partial charge in [0.1, 0.15) is 0 Å². The molecular formula is C33H28N2O5S. The van der Waals surface area contributed by atoms with Gasteiger partial charge in [-0.05, 0) is 70.8 Å². The first-order chi connectivity index (χ1) is 20.0. The van der Waals surface area contributed by atoms with Gasteiger partial charge in [0.05, 0.1) is 36.5 Å². The normalized spacial score (nSPS) is 14.9. The van der Waals surface area contributed by atoms with Crippen molar-refractivity contribution in [3.63, 3.8) is 0 Å². The quantitative estimate of drug-likeness (QED) is 0.203. The van der Waals surface area contributed by atoms with Gasteiger partial charge in [-0.2, -0.15) is 0 Å². The van der Waals surface area contributed by atoms with E-state index in [9.17, 15) is 9.59 Å². The molecule has 0 saturated carbocycles. The first-order valence-corrected chi connectivity index (χ1v) is 14.2. The van der Waals surface area contributed by atoms with E-state index < -0.39 is 12.0 Å². The summed E-state index contributed by atoms with van der Waals surface area (Å²) in [6.45, 7) is 4.71. The van der Waals surface area contributed by atoms with Crippen LogP contribution < -0.4 is 24.4 Å². The number of hydrogen-bond acceptors (Lipinski definition) is 7. The van der Waals surface area contributed by atoms with Gasteiger partial charge < -0.3 is 14.2 Å². The number of esters is 1. The van der Waals surface area contributed by atoms with Gasteiger partial charge in [-0.25, -0.2) is 9.79 Å². The molecule has 1 aliphatic heterocycles. The number of aromatic nitrogens is 1. The van der Waals surface area contributed by atoms with Gasteiger partial charge in [0.2, 0.25) is 0 Å². The lowest BCUT2D eigenvalue weighted by atomic mass is 9.96. The maximum absolute atomic E-state index is 14.2. The number of ether oxygens (including phenoxy) is 3. The summed E-state index contributed by atoms with van der Waals surface area (Å²) in [7, 11) is 1.32. The predicted molar refractivity (Wildman–Crippen MR) is 161 cm³/mol. The Morgan fingerprint density at radius 1 is 0.927 bits per heavy atom. The van der Waals surface area contributed by atoms with Crippen molar-refractivity contribution in [2.45, 2.75) is 19.9 Å². The Bertz CT molecular complexity index is 1970. The maximum Gasteiger partial charge on any atom is 0.337 e. The number of thiazole rings is 1. The molecule has 0 bridgehead atoms. The zero-order valence-corrected chi connectivity index (χ0v) is 23.7. The van der Waals surface area contributed by atoms with Gasteiger partial charge in [0.25, 0.3) is 5.56 Å². The van der Waals surface area contributed by atoms with Crippen LogP contribution >= 0.6 is 11.3 Å². The second-order valence-corrected chi connectivity index (χ2v) is 10.5. The first-order valence-electron chi connectivity index (χ1n) is 13.4. The number of nitrogens with zero attached hydrogens (tertiary/aromatic N) is 2. The van der Waals surface area contributed by atoms with E-state index in [1.54, 1.807) is 10.6 Å². The number of carbonyl (C=O) groups excluding carboxylic acids is 1. The minimum absolute atomic E-state index is 0.239. The van der Waals surface area contributed by atoms with Gasteiger partial charge >= 0.3 is 5.97 Å². The average Bonchev–Trinajstić information content (AvgIpc) is 3.32. The van der Waals surface area contributed by atoms with Crippen molar-refractivity contribution in [1.29, 1.82) is 0 Å². The fourth-order valence-corrected chi connectivity index (χ4v) is 6.27. The van der Waals surface area contributed by atoms with Crippen molar-refractivity contribution in [3.05, 3.63) is 115 Å². The third kappa shape index (κ3) is 4.70. The van der Waals surface area contributed by atoms with Crippen molar-refractivity contribution in [2.24, 2.45) is 4.99 Å². The van der Waals surface area contributed by atoms with E-state index in [0.29, 0.717) is 39.6 Å². The van der Waals surface area contributed by atoms with Crippen LogP contribution in [0.15, 0.2) is 94.4 Å². The molecule has 0 spiro atoms. The van der Waals surface area contributed by atoms with Crippen molar-refractivity contribution in [1.82, 2.24) is 4.57 Å². The van der Waals surface area contributed by atoms with E-state index >= 15 is 0 Å². The molecule has 0 N–H and O–H groups in total. The Hall–Kier alpha value is -4.69. The smallest absolute Gasteiger partial charge is 0.337 e. The SMILES string of the molecule is CCOc1ccc([C@@H]2C(C(=O)OC)=CN=c3s/c(=C\c4c5ccccc5cc5ccccc45)c(=O)n32)cc1OCC. The van der Waals surface area contributed by atoms with E-state index in [0.717, 1.165) is 27.1 Å². The number of fused-ring (bicyclic) bond motifs is 3. The van der Waals surface area contributed by atoms with Crippen molar-refractivity contribution in [3.8, 4) is 11.5 Å². The van der Waals surface area contributed by atoms with Crippen molar-refractivity contribution >= 4 is 44.9 Å². The summed E-state index contributed by atoms with van der Waals surface area (Å²) in [4.78, 5) is 32.1. The average molecular weight is 565 g/mol. The van der Waals surface area contributed by atoms with Crippen molar-refractivity contribution in [2.75, 3.05) is 20.3 Å². The molecule has 0 saturated heterocycles. The van der Waals surface area contributed by atoms with Crippen LogP contribution in [-0.2, 0) is 9.53 Å². The third-order valence-corrected chi connectivity index (χ3v) is 8.09. The van der Waals surface area contributed by atoms with Crippen LogP contribution in [0, 0.1) is 0 Å². The zero-order valence-electron chi connectivity index (χ0n) is 22.9. The van der Waals surface area contributed by atoms with E-state index in [1.165, 1.54) is 24.6 Å². The molecule has 0 unspecified atom stereocenters. The summed E-state index contributed by atoms with van der Waals surface area (Å²) in [6.07, 6.45) is 3.44. The molecule has 0 fully saturated rings. The van der Waals surface area contributed by atoms with Gasteiger partial charge in [-0.15, -0.1) is 0 Å². The first kappa shape index (κ1) is 26.5. The van der Waals surface area contributed by atoms with Crippen LogP contribution in [-0.4, -0.2) is 30.9 Å². The molecule has 5 aromatic rings. The summed E-state index contributed by atoms with van der Waals surface area (Å²) in [5.41, 5.74) is 1.67. The number of methoxy groups -OCH3 is 1. The lowest BCUT2D eigenvalue weighted by molar-refractivity contribution is -0.136. The molecule has 6 rings (SSSR count). The molecule has 0 radical (unpaired) electrons. The van der Waals surface area contributed by atoms with Crippen LogP contribution in [0.5, 0.6) is 11.5 Å². The molecule has 2 heterocycles. The second kappa shape index (κ2) is 11.1. The Kier molecular flexibility index (Phi) is 7.15. The van der Waals surface area contributed by atoms with E-state index in [2.05, 4.69) is 35.3 Å². The minimum atomic E-state index is -0.750. The van der Waals surface area contributed by atoms with E-state index in [1.807, 2.05) is 56.3 Å². The Morgan fingerprint density at radius 3 is 2.24 bits per heavy atom. The molecule has 8 heteroatoms. The largest absolute Gasteiger partial charge is 0.490 e. The molecular weight excluding hydrogens is 536 g/mol. The molecule has 4 aromatic carbocycles. The highest BCUT2D eigenvalue weighted by molar-refractivity contribution is 7.07. The molecule has 0 aliphatic carbocycles. The predicted octanol–water partition coefficient (Wildman–Crippen LogP) is 5.12. The second-order valence-electron chi connectivity index (χ2n) is 9.48. The third-order valence-electron chi connectivity index (χ3n) is 7.10. The molecule has 206 valence electrons. The van der Waals surface area contributed by atoms with Crippen LogP contribution in [0.2, 0.25) is 0 Å². The number of rotatable bonds is 7. The minimum Gasteiger partial charge on any atom is -0.490 e. The number of benzene rings is 4. The zero-order chi connectivity index (χ0) is 28.5. The van der Waals surface area contributed by atoms with Gasteiger partial charge in [0.15, 0.2) is 16.3 Å². The maximum atomic E-state index is 14.2. The lowest BCUT2D eigenvalue weighted by Gasteiger charge is -2.23. The summed E-state index contributed by atoms with van der Waals surface area (Å²) in [5, 5.41) is 4.29. The molecule has 41 heavy (non-hydrogen) atoms. The van der Waals surface area contributed by atoms with E-state index in [4.69, 9.17) is 14.2 Å². The van der Waals surface area contributed by atoms with Gasteiger partial charge in [-0.3, -0.25) is 9.36 Å². The topological polar surface area (TPSA) is 79.1 Å². The summed E-state index contributed by atoms with van der Waals surface area (Å²) in [6, 6.07) is 23.2. The van der Waals surface area contributed by atoms with Crippen LogP contribution in [0.3, 0.4) is 0 Å².